The van der Waals surface area contributed by atoms with E-state index in [1.54, 1.807) is 6.07 Å². The van der Waals surface area contributed by atoms with Crippen LogP contribution in [0.15, 0.2) is 44.4 Å². The molecule has 2 bridgehead atoms. The first kappa shape index (κ1) is 14.9. The Labute approximate surface area is 133 Å². The summed E-state index contributed by atoms with van der Waals surface area (Å²) in [4.78, 5) is 11.4. The third kappa shape index (κ3) is 2.91. The van der Waals surface area contributed by atoms with Crippen molar-refractivity contribution in [1.29, 1.82) is 0 Å². The second-order valence-electron chi connectivity index (χ2n) is 6.38. The van der Waals surface area contributed by atoms with Crippen molar-refractivity contribution in [2.24, 2.45) is 0 Å². The van der Waals surface area contributed by atoms with Crippen molar-refractivity contribution in [3.8, 4) is 0 Å². The molecule has 0 saturated carbocycles. The van der Waals surface area contributed by atoms with Crippen molar-refractivity contribution >= 4 is 21.0 Å². The van der Waals surface area contributed by atoms with Crippen LogP contribution in [0.2, 0.25) is 0 Å². The molecule has 2 aliphatic rings. The summed E-state index contributed by atoms with van der Waals surface area (Å²) in [5.74, 6) is 0. The molecule has 0 spiro atoms. The van der Waals surface area contributed by atoms with Gasteiger partial charge in [0.05, 0.1) is 4.90 Å². The average molecular weight is 334 g/mol. The highest BCUT2D eigenvalue weighted by Crippen LogP contribution is 2.28. The summed E-state index contributed by atoms with van der Waals surface area (Å²) in [6.45, 7) is 0. The molecule has 2 aromatic rings. The number of hydrogen-bond donors (Lipinski definition) is 2. The summed E-state index contributed by atoms with van der Waals surface area (Å²) in [5.41, 5.74) is -0.0622. The molecule has 23 heavy (non-hydrogen) atoms. The van der Waals surface area contributed by atoms with Crippen LogP contribution in [0.1, 0.15) is 25.7 Å². The lowest BCUT2D eigenvalue weighted by Crippen LogP contribution is -2.47. The number of piperidine rings is 1. The van der Waals surface area contributed by atoms with E-state index in [0.717, 1.165) is 25.7 Å². The third-order valence-electron chi connectivity index (χ3n) is 4.70. The molecule has 6 nitrogen and oxygen atoms in total. The molecular formula is C16H18N2O4S. The average Bonchev–Trinajstić information content (AvgIpc) is 2.85. The van der Waals surface area contributed by atoms with Crippen molar-refractivity contribution < 1.29 is 12.8 Å². The van der Waals surface area contributed by atoms with E-state index < -0.39 is 15.6 Å². The van der Waals surface area contributed by atoms with Gasteiger partial charge < -0.3 is 9.73 Å². The highest BCUT2D eigenvalue weighted by molar-refractivity contribution is 7.89. The second-order valence-corrected chi connectivity index (χ2v) is 8.10. The summed E-state index contributed by atoms with van der Waals surface area (Å²) >= 11 is 0. The van der Waals surface area contributed by atoms with Crippen LogP contribution >= 0.6 is 0 Å². The smallest absolute Gasteiger partial charge is 0.336 e. The van der Waals surface area contributed by atoms with Crippen molar-refractivity contribution in [3.05, 3.63) is 40.8 Å². The number of hydrogen-bond acceptors (Lipinski definition) is 5. The Kier molecular flexibility index (Phi) is 3.51. The monoisotopic (exact) mass is 334 g/mol. The van der Waals surface area contributed by atoms with E-state index in [0.29, 0.717) is 23.1 Å². The largest absolute Gasteiger partial charge is 0.423 e. The van der Waals surface area contributed by atoms with Crippen molar-refractivity contribution in [2.45, 2.75) is 48.7 Å². The number of sulfonamides is 1. The van der Waals surface area contributed by atoms with Crippen LogP contribution in [0.3, 0.4) is 0 Å². The van der Waals surface area contributed by atoms with E-state index in [1.165, 1.54) is 24.3 Å². The van der Waals surface area contributed by atoms with Gasteiger partial charge in [-0.05, 0) is 49.9 Å². The summed E-state index contributed by atoms with van der Waals surface area (Å²) in [7, 11) is -3.58. The van der Waals surface area contributed by atoms with E-state index in [4.69, 9.17) is 4.42 Å². The fourth-order valence-corrected chi connectivity index (χ4v) is 4.95. The van der Waals surface area contributed by atoms with Gasteiger partial charge in [0.2, 0.25) is 10.0 Å². The Morgan fingerprint density at radius 1 is 1.09 bits per heavy atom. The Bertz CT molecular complexity index is 894. The molecule has 1 unspecified atom stereocenters. The molecule has 2 saturated heterocycles. The number of fused-ring (bicyclic) bond motifs is 3. The summed E-state index contributed by atoms with van der Waals surface area (Å²) in [6, 6.07) is 8.22. The highest BCUT2D eigenvalue weighted by Gasteiger charge is 2.35. The van der Waals surface area contributed by atoms with Crippen LogP contribution < -0.4 is 15.7 Å². The summed E-state index contributed by atoms with van der Waals surface area (Å²) < 4.78 is 33.1. The molecular weight excluding hydrogens is 316 g/mol. The number of nitrogens with one attached hydrogen (secondary N) is 2. The maximum atomic E-state index is 12.6. The van der Waals surface area contributed by atoms with Gasteiger partial charge in [-0.3, -0.25) is 0 Å². The molecule has 4 rings (SSSR count). The first-order chi connectivity index (χ1) is 11.0. The molecule has 1 aromatic carbocycles. The predicted molar refractivity (Wildman–Crippen MR) is 85.8 cm³/mol. The fraction of sp³-hybridized carbons (Fsp3) is 0.438. The van der Waals surface area contributed by atoms with E-state index in [2.05, 4.69) is 10.0 Å². The zero-order valence-corrected chi connectivity index (χ0v) is 13.3. The normalized spacial score (nSPS) is 27.4. The summed E-state index contributed by atoms with van der Waals surface area (Å²) in [6.07, 6.45) is 3.91. The van der Waals surface area contributed by atoms with Gasteiger partial charge in [-0.15, -0.1) is 0 Å². The maximum absolute atomic E-state index is 12.6. The summed E-state index contributed by atoms with van der Waals surface area (Å²) in [5, 5.41) is 4.09. The second kappa shape index (κ2) is 5.43. The molecule has 1 aromatic heterocycles. The van der Waals surface area contributed by atoms with Gasteiger partial charge in [-0.2, -0.15) is 0 Å². The van der Waals surface area contributed by atoms with Crippen LogP contribution in [0.4, 0.5) is 0 Å². The van der Waals surface area contributed by atoms with Gasteiger partial charge in [-0.1, -0.05) is 0 Å². The van der Waals surface area contributed by atoms with Gasteiger partial charge in [0.25, 0.3) is 0 Å². The van der Waals surface area contributed by atoms with E-state index >= 15 is 0 Å². The molecule has 122 valence electrons. The minimum absolute atomic E-state index is 0.0249. The van der Waals surface area contributed by atoms with E-state index in [9.17, 15) is 13.2 Å². The van der Waals surface area contributed by atoms with E-state index in [-0.39, 0.29) is 10.9 Å². The third-order valence-corrected chi connectivity index (χ3v) is 6.21. The van der Waals surface area contributed by atoms with Crippen molar-refractivity contribution in [2.75, 3.05) is 0 Å². The Hall–Kier alpha value is -1.70. The van der Waals surface area contributed by atoms with Gasteiger partial charge >= 0.3 is 5.63 Å². The molecule has 2 fully saturated rings. The predicted octanol–water partition coefficient (Wildman–Crippen LogP) is 1.35. The molecule has 0 radical (unpaired) electrons. The molecule has 0 amide bonds. The quantitative estimate of drug-likeness (QED) is 0.827. The van der Waals surface area contributed by atoms with Crippen molar-refractivity contribution in [1.82, 2.24) is 10.0 Å². The van der Waals surface area contributed by atoms with Crippen LogP contribution in [0.5, 0.6) is 0 Å². The SMILES string of the molecule is O=c1ccc2cc(S(=O)(=O)NC3C[C@H]4CC[C@@H](C3)N4)ccc2o1. The van der Waals surface area contributed by atoms with Gasteiger partial charge in [0.15, 0.2) is 0 Å². The first-order valence-corrected chi connectivity index (χ1v) is 9.30. The number of benzene rings is 1. The van der Waals surface area contributed by atoms with Crippen LogP contribution in [-0.4, -0.2) is 26.5 Å². The molecule has 0 aliphatic carbocycles. The molecule has 7 heteroatoms. The standard InChI is InChI=1S/C16H18N2O4S/c19-16-6-1-10-7-14(4-5-15(10)22-16)23(20,21)18-13-8-11-2-3-12(9-13)17-11/h1,4-7,11-13,17-18H,2-3,8-9H2/t11-,12+,13?. The molecule has 2 aliphatic heterocycles. The van der Waals surface area contributed by atoms with Crippen LogP contribution in [-0.2, 0) is 10.0 Å². The lowest BCUT2D eigenvalue weighted by molar-refractivity contribution is 0.345. The zero-order chi connectivity index (χ0) is 16.0. The fourth-order valence-electron chi connectivity index (χ4n) is 3.66. The highest BCUT2D eigenvalue weighted by atomic mass is 32.2. The van der Waals surface area contributed by atoms with Gasteiger partial charge in [-0.25, -0.2) is 17.9 Å². The van der Waals surface area contributed by atoms with Gasteiger partial charge in [0.1, 0.15) is 5.58 Å². The molecule has 3 atom stereocenters. The van der Waals surface area contributed by atoms with Crippen LogP contribution in [0, 0.1) is 0 Å². The first-order valence-electron chi connectivity index (χ1n) is 7.82. The lowest BCUT2D eigenvalue weighted by Gasteiger charge is -2.29. The number of rotatable bonds is 3. The minimum Gasteiger partial charge on any atom is -0.423 e. The Morgan fingerprint density at radius 2 is 1.83 bits per heavy atom. The lowest BCUT2D eigenvalue weighted by atomic mass is 10.0. The topological polar surface area (TPSA) is 88.4 Å². The minimum atomic E-state index is -3.58. The molecule has 3 heterocycles. The van der Waals surface area contributed by atoms with Crippen molar-refractivity contribution in [3.63, 3.8) is 0 Å². The van der Waals surface area contributed by atoms with Crippen LogP contribution in [0.25, 0.3) is 11.0 Å². The molecule has 2 N–H and O–H groups in total. The Balaban J connectivity index is 1.60. The maximum Gasteiger partial charge on any atom is 0.336 e. The zero-order valence-electron chi connectivity index (χ0n) is 12.5. The van der Waals surface area contributed by atoms with E-state index in [1.807, 2.05) is 0 Å². The Morgan fingerprint density at radius 3 is 2.57 bits per heavy atom. The van der Waals surface area contributed by atoms with Gasteiger partial charge in [0, 0.05) is 29.6 Å².